The van der Waals surface area contributed by atoms with Gasteiger partial charge in [-0.05, 0) is 11.6 Å². The third kappa shape index (κ3) is 3.81. The first-order valence-electron chi connectivity index (χ1n) is 6.01. The molecule has 0 aliphatic carbocycles. The van der Waals surface area contributed by atoms with E-state index in [0.717, 1.165) is 6.42 Å². The third-order valence-electron chi connectivity index (χ3n) is 2.60. The van der Waals surface area contributed by atoms with Crippen molar-refractivity contribution in [1.82, 2.24) is 4.98 Å². The highest BCUT2D eigenvalue weighted by Gasteiger charge is 2.07. The van der Waals surface area contributed by atoms with E-state index in [4.69, 9.17) is 4.74 Å². The first-order chi connectivity index (χ1) is 9.29. The van der Waals surface area contributed by atoms with E-state index in [-0.39, 0.29) is 5.69 Å². The Bertz CT molecular complexity index is 540. The normalized spacial score (nSPS) is 9.95. The molecule has 0 radical (unpaired) electrons. The summed E-state index contributed by atoms with van der Waals surface area (Å²) in [6, 6.07) is 15.1. The summed E-state index contributed by atoms with van der Waals surface area (Å²) in [5, 5.41) is 0. The Morgan fingerprint density at radius 2 is 1.89 bits per heavy atom. The Kier molecular flexibility index (Phi) is 4.50. The molecule has 0 fully saturated rings. The summed E-state index contributed by atoms with van der Waals surface area (Å²) in [4.78, 5) is 15.4. The van der Waals surface area contributed by atoms with Crippen molar-refractivity contribution in [2.24, 2.45) is 0 Å². The van der Waals surface area contributed by atoms with E-state index in [1.54, 1.807) is 18.2 Å². The van der Waals surface area contributed by atoms with E-state index in [2.05, 4.69) is 9.72 Å². The van der Waals surface area contributed by atoms with Crippen LogP contribution in [0.3, 0.4) is 0 Å². The maximum absolute atomic E-state index is 11.3. The van der Waals surface area contributed by atoms with E-state index < -0.39 is 5.97 Å². The molecule has 2 rings (SSSR count). The number of ether oxygens (including phenoxy) is 2. The summed E-state index contributed by atoms with van der Waals surface area (Å²) in [6.07, 6.45) is 0.797. The second kappa shape index (κ2) is 6.54. The predicted molar refractivity (Wildman–Crippen MR) is 71.2 cm³/mol. The number of carbonyl (C=O) groups excluding carboxylic acids is 1. The summed E-state index contributed by atoms with van der Waals surface area (Å²) in [5.74, 6) is -0.0349. The van der Waals surface area contributed by atoms with Gasteiger partial charge in [0.05, 0.1) is 13.7 Å². The van der Waals surface area contributed by atoms with Crippen LogP contribution in [0, 0.1) is 0 Å². The standard InChI is InChI=1S/C15H15NO3/c1-18-15(17)13-8-5-9-14(16-13)19-11-10-12-6-3-2-4-7-12/h2-9H,10-11H2,1H3. The van der Waals surface area contributed by atoms with Crippen molar-refractivity contribution in [2.45, 2.75) is 6.42 Å². The van der Waals surface area contributed by atoms with Crippen LogP contribution >= 0.6 is 0 Å². The van der Waals surface area contributed by atoms with Gasteiger partial charge in [0.1, 0.15) is 0 Å². The van der Waals surface area contributed by atoms with Crippen molar-refractivity contribution >= 4 is 5.97 Å². The number of methoxy groups -OCH3 is 1. The Balaban J connectivity index is 1.91. The molecule has 0 aliphatic heterocycles. The van der Waals surface area contributed by atoms with Gasteiger partial charge in [0.15, 0.2) is 5.69 Å². The number of rotatable bonds is 5. The molecule has 0 amide bonds. The summed E-state index contributed by atoms with van der Waals surface area (Å²) in [7, 11) is 1.33. The van der Waals surface area contributed by atoms with Crippen LogP contribution in [0.25, 0.3) is 0 Å². The van der Waals surface area contributed by atoms with Crippen molar-refractivity contribution in [3.63, 3.8) is 0 Å². The minimum Gasteiger partial charge on any atom is -0.477 e. The van der Waals surface area contributed by atoms with E-state index in [9.17, 15) is 4.79 Å². The quantitative estimate of drug-likeness (QED) is 0.772. The van der Waals surface area contributed by atoms with Gasteiger partial charge in [0.2, 0.25) is 5.88 Å². The van der Waals surface area contributed by atoms with Crippen LogP contribution in [0.1, 0.15) is 16.1 Å². The van der Waals surface area contributed by atoms with Crippen LogP contribution in [-0.2, 0) is 11.2 Å². The van der Waals surface area contributed by atoms with Gasteiger partial charge in [-0.3, -0.25) is 0 Å². The average molecular weight is 257 g/mol. The van der Waals surface area contributed by atoms with E-state index in [1.165, 1.54) is 12.7 Å². The van der Waals surface area contributed by atoms with Gasteiger partial charge < -0.3 is 9.47 Å². The first kappa shape index (κ1) is 13.1. The highest BCUT2D eigenvalue weighted by molar-refractivity contribution is 5.87. The molecular weight excluding hydrogens is 242 g/mol. The lowest BCUT2D eigenvalue weighted by atomic mass is 10.2. The highest BCUT2D eigenvalue weighted by Crippen LogP contribution is 2.09. The molecule has 1 aromatic carbocycles. The van der Waals surface area contributed by atoms with Gasteiger partial charge in [-0.2, -0.15) is 0 Å². The lowest BCUT2D eigenvalue weighted by Crippen LogP contribution is -2.07. The molecule has 0 aliphatic rings. The van der Waals surface area contributed by atoms with E-state index in [0.29, 0.717) is 12.5 Å². The molecule has 0 unspecified atom stereocenters. The molecule has 1 heterocycles. The van der Waals surface area contributed by atoms with Crippen molar-refractivity contribution in [2.75, 3.05) is 13.7 Å². The smallest absolute Gasteiger partial charge is 0.356 e. The fraction of sp³-hybridized carbons (Fsp3) is 0.200. The fourth-order valence-electron chi connectivity index (χ4n) is 1.63. The molecular formula is C15H15NO3. The summed E-state index contributed by atoms with van der Waals surface area (Å²) < 4.78 is 10.1. The van der Waals surface area contributed by atoms with Gasteiger partial charge in [-0.25, -0.2) is 9.78 Å². The molecule has 0 saturated carbocycles. The fourth-order valence-corrected chi connectivity index (χ4v) is 1.63. The topological polar surface area (TPSA) is 48.4 Å². The predicted octanol–water partition coefficient (Wildman–Crippen LogP) is 2.49. The minimum absolute atomic E-state index is 0.250. The van der Waals surface area contributed by atoms with Crippen molar-refractivity contribution in [3.8, 4) is 5.88 Å². The van der Waals surface area contributed by atoms with Crippen molar-refractivity contribution < 1.29 is 14.3 Å². The molecule has 4 heteroatoms. The largest absolute Gasteiger partial charge is 0.477 e. The van der Waals surface area contributed by atoms with E-state index in [1.807, 2.05) is 30.3 Å². The number of benzene rings is 1. The molecule has 1 aromatic heterocycles. The molecule has 0 N–H and O–H groups in total. The molecule has 19 heavy (non-hydrogen) atoms. The number of esters is 1. The number of carbonyl (C=O) groups is 1. The Labute approximate surface area is 112 Å². The van der Waals surface area contributed by atoms with Gasteiger partial charge in [-0.15, -0.1) is 0 Å². The summed E-state index contributed by atoms with van der Waals surface area (Å²) in [5.41, 5.74) is 1.45. The number of pyridine rings is 1. The summed E-state index contributed by atoms with van der Waals surface area (Å²) in [6.45, 7) is 0.516. The zero-order valence-corrected chi connectivity index (χ0v) is 10.7. The molecule has 98 valence electrons. The minimum atomic E-state index is -0.464. The third-order valence-corrected chi connectivity index (χ3v) is 2.60. The van der Waals surface area contributed by atoms with Crippen LogP contribution < -0.4 is 4.74 Å². The maximum atomic E-state index is 11.3. The maximum Gasteiger partial charge on any atom is 0.356 e. The Morgan fingerprint density at radius 1 is 1.11 bits per heavy atom. The van der Waals surface area contributed by atoms with Gasteiger partial charge >= 0.3 is 5.97 Å². The van der Waals surface area contributed by atoms with Gasteiger partial charge in [-0.1, -0.05) is 36.4 Å². The Hall–Kier alpha value is -2.36. The monoisotopic (exact) mass is 257 g/mol. The van der Waals surface area contributed by atoms with Crippen LogP contribution in [0.15, 0.2) is 48.5 Å². The number of hydrogen-bond acceptors (Lipinski definition) is 4. The van der Waals surface area contributed by atoms with Gasteiger partial charge in [0.25, 0.3) is 0 Å². The first-order valence-corrected chi connectivity index (χ1v) is 6.01. The van der Waals surface area contributed by atoms with Crippen LogP contribution in [0.5, 0.6) is 5.88 Å². The molecule has 0 atom stereocenters. The SMILES string of the molecule is COC(=O)c1cccc(OCCc2ccccc2)n1. The van der Waals surface area contributed by atoms with Crippen molar-refractivity contribution in [1.29, 1.82) is 0 Å². The van der Waals surface area contributed by atoms with E-state index >= 15 is 0 Å². The molecule has 0 saturated heterocycles. The van der Waals surface area contributed by atoms with Crippen LogP contribution in [-0.4, -0.2) is 24.7 Å². The van der Waals surface area contributed by atoms with Gasteiger partial charge in [0, 0.05) is 12.5 Å². The van der Waals surface area contributed by atoms with Crippen molar-refractivity contribution in [3.05, 3.63) is 59.8 Å². The molecule has 0 bridgehead atoms. The van der Waals surface area contributed by atoms with Crippen LogP contribution in [0.4, 0.5) is 0 Å². The second-order valence-electron chi connectivity index (χ2n) is 3.94. The number of aromatic nitrogens is 1. The zero-order chi connectivity index (χ0) is 13.5. The highest BCUT2D eigenvalue weighted by atomic mass is 16.5. The van der Waals surface area contributed by atoms with Crippen LogP contribution in [0.2, 0.25) is 0 Å². The number of nitrogens with zero attached hydrogens (tertiary/aromatic N) is 1. The zero-order valence-electron chi connectivity index (χ0n) is 10.7. The molecule has 2 aromatic rings. The Morgan fingerprint density at radius 3 is 2.63 bits per heavy atom. The molecule has 0 spiro atoms. The average Bonchev–Trinajstić information content (AvgIpc) is 2.48. The molecule has 4 nitrogen and oxygen atoms in total. The lowest BCUT2D eigenvalue weighted by molar-refractivity contribution is 0.0592. The lowest BCUT2D eigenvalue weighted by Gasteiger charge is -2.06. The number of hydrogen-bond donors (Lipinski definition) is 0. The second-order valence-corrected chi connectivity index (χ2v) is 3.94. The summed E-state index contributed by atoms with van der Waals surface area (Å²) >= 11 is 0.